The number of anilines is 1. The zero-order valence-electron chi connectivity index (χ0n) is 12.4. The number of hydrogen-bond acceptors (Lipinski definition) is 4. The van der Waals surface area contributed by atoms with Gasteiger partial charge in [-0.2, -0.15) is 0 Å². The second-order valence-corrected chi connectivity index (χ2v) is 6.54. The minimum Gasteiger partial charge on any atom is -0.408 e. The van der Waals surface area contributed by atoms with Crippen LogP contribution in [0.25, 0.3) is 11.1 Å². The highest BCUT2D eigenvalue weighted by molar-refractivity contribution is 5.95. The second kappa shape index (κ2) is 4.71. The number of carbonyl (C=O) groups is 1. The highest BCUT2D eigenvalue weighted by Crippen LogP contribution is 2.47. The summed E-state index contributed by atoms with van der Waals surface area (Å²) < 4.78 is 6.52. The van der Waals surface area contributed by atoms with Gasteiger partial charge in [-0.1, -0.05) is 0 Å². The number of amides is 1. The zero-order chi connectivity index (χ0) is 15.4. The number of nitrogens with zero attached hydrogens (tertiary/aromatic N) is 1. The van der Waals surface area contributed by atoms with Gasteiger partial charge >= 0.3 is 5.76 Å². The second-order valence-electron chi connectivity index (χ2n) is 6.54. The molecule has 22 heavy (non-hydrogen) atoms. The van der Waals surface area contributed by atoms with Crippen molar-refractivity contribution in [3.05, 3.63) is 28.7 Å². The third-order valence-corrected chi connectivity index (χ3v) is 5.34. The molecule has 6 heteroatoms. The Morgan fingerprint density at radius 3 is 2.86 bits per heavy atom. The maximum Gasteiger partial charge on any atom is 0.419 e. The van der Waals surface area contributed by atoms with Crippen LogP contribution in [0.3, 0.4) is 0 Å². The van der Waals surface area contributed by atoms with E-state index in [1.165, 1.54) is 4.57 Å². The molecule has 6 nitrogen and oxygen atoms in total. The largest absolute Gasteiger partial charge is 0.419 e. The first kappa shape index (κ1) is 13.6. The maximum atomic E-state index is 12.6. The molecule has 2 bridgehead atoms. The van der Waals surface area contributed by atoms with Crippen LogP contribution >= 0.6 is 0 Å². The first-order chi connectivity index (χ1) is 10.5. The predicted octanol–water partition coefficient (Wildman–Crippen LogP) is 1.44. The molecule has 116 valence electrons. The Kier molecular flexibility index (Phi) is 2.91. The quantitative estimate of drug-likeness (QED) is 0.878. The number of benzene rings is 1. The first-order valence-electron chi connectivity index (χ1n) is 7.70. The van der Waals surface area contributed by atoms with Crippen LogP contribution in [-0.2, 0) is 11.8 Å². The minimum atomic E-state index is -0.409. The van der Waals surface area contributed by atoms with Gasteiger partial charge in [-0.25, -0.2) is 4.79 Å². The number of hydrogen-bond donors (Lipinski definition) is 2. The highest BCUT2D eigenvalue weighted by Gasteiger charge is 2.49. The summed E-state index contributed by atoms with van der Waals surface area (Å²) in [5, 5.41) is 2.95. The molecule has 2 fully saturated rings. The standard InChI is InChI=1S/C16H19N3O3/c1-19-11-7-10(4-5-12(11)22-16(19)21)18-15(20)13-8-2-3-9(6-8)14(13)17/h4-5,7-9,13-14H,2-3,6,17H2,1H3,(H,18,20). The fourth-order valence-corrected chi connectivity index (χ4v) is 4.15. The van der Waals surface area contributed by atoms with Gasteiger partial charge in [-0.05, 0) is 49.3 Å². The van der Waals surface area contributed by atoms with Crippen molar-refractivity contribution in [2.75, 3.05) is 5.32 Å². The maximum absolute atomic E-state index is 12.6. The van der Waals surface area contributed by atoms with Crippen LogP contribution in [0.2, 0.25) is 0 Å². The molecule has 0 radical (unpaired) electrons. The Bertz CT molecular complexity index is 805. The lowest BCUT2D eigenvalue weighted by atomic mass is 9.84. The number of nitrogens with two attached hydrogens (primary N) is 1. The SMILES string of the molecule is Cn1c(=O)oc2ccc(NC(=O)C3C4CCC(C4)C3N)cc21. The Balaban J connectivity index is 1.59. The number of oxazole rings is 1. The molecule has 2 aliphatic rings. The summed E-state index contributed by atoms with van der Waals surface area (Å²) in [6.07, 6.45) is 3.33. The van der Waals surface area contributed by atoms with E-state index >= 15 is 0 Å². The van der Waals surface area contributed by atoms with Crippen LogP contribution in [0.1, 0.15) is 19.3 Å². The van der Waals surface area contributed by atoms with E-state index in [1.54, 1.807) is 25.2 Å². The molecule has 0 spiro atoms. The van der Waals surface area contributed by atoms with Crippen molar-refractivity contribution in [3.63, 3.8) is 0 Å². The van der Waals surface area contributed by atoms with Crippen molar-refractivity contribution in [2.45, 2.75) is 25.3 Å². The van der Waals surface area contributed by atoms with Crippen molar-refractivity contribution < 1.29 is 9.21 Å². The number of nitrogens with one attached hydrogen (secondary N) is 1. The normalized spacial score (nSPS) is 30.1. The smallest absolute Gasteiger partial charge is 0.408 e. The summed E-state index contributed by atoms with van der Waals surface area (Å²) in [6, 6.07) is 5.19. The number of aryl methyl sites for hydroxylation is 1. The van der Waals surface area contributed by atoms with Crippen LogP contribution in [0.4, 0.5) is 5.69 Å². The summed E-state index contributed by atoms with van der Waals surface area (Å²) in [5.74, 6) is 0.406. The lowest BCUT2D eigenvalue weighted by Gasteiger charge is -2.27. The zero-order valence-corrected chi connectivity index (χ0v) is 12.4. The van der Waals surface area contributed by atoms with E-state index in [4.69, 9.17) is 10.2 Å². The van der Waals surface area contributed by atoms with Gasteiger partial charge in [-0.15, -0.1) is 0 Å². The van der Waals surface area contributed by atoms with Gasteiger partial charge in [0, 0.05) is 18.8 Å². The fourth-order valence-electron chi connectivity index (χ4n) is 4.15. The Hall–Kier alpha value is -2.08. The van der Waals surface area contributed by atoms with Gasteiger partial charge in [0.15, 0.2) is 5.58 Å². The molecule has 2 aromatic rings. The molecular weight excluding hydrogens is 282 g/mol. The summed E-state index contributed by atoms with van der Waals surface area (Å²) in [5.41, 5.74) is 8.07. The van der Waals surface area contributed by atoms with Crippen molar-refractivity contribution in [2.24, 2.45) is 30.5 Å². The van der Waals surface area contributed by atoms with Crippen LogP contribution in [0.15, 0.2) is 27.4 Å². The van der Waals surface area contributed by atoms with Crippen LogP contribution in [-0.4, -0.2) is 16.5 Å². The number of aromatic nitrogens is 1. The van der Waals surface area contributed by atoms with Crippen molar-refractivity contribution in [3.8, 4) is 0 Å². The Morgan fingerprint density at radius 2 is 2.14 bits per heavy atom. The number of fused-ring (bicyclic) bond motifs is 3. The third kappa shape index (κ3) is 1.90. The lowest BCUT2D eigenvalue weighted by molar-refractivity contribution is -0.121. The van der Waals surface area contributed by atoms with Gasteiger partial charge in [0.25, 0.3) is 0 Å². The van der Waals surface area contributed by atoms with Gasteiger partial charge in [0.05, 0.1) is 11.4 Å². The van der Waals surface area contributed by atoms with Gasteiger partial charge in [-0.3, -0.25) is 9.36 Å². The molecule has 4 rings (SSSR count). The summed E-state index contributed by atoms with van der Waals surface area (Å²) in [7, 11) is 1.64. The molecular formula is C16H19N3O3. The molecule has 1 amide bonds. The van der Waals surface area contributed by atoms with Crippen LogP contribution in [0, 0.1) is 17.8 Å². The fraction of sp³-hybridized carbons (Fsp3) is 0.500. The monoisotopic (exact) mass is 301 g/mol. The Morgan fingerprint density at radius 1 is 1.36 bits per heavy atom. The van der Waals surface area contributed by atoms with Crippen LogP contribution < -0.4 is 16.8 Å². The third-order valence-electron chi connectivity index (χ3n) is 5.34. The molecule has 1 heterocycles. The van der Waals surface area contributed by atoms with E-state index in [1.807, 2.05) is 0 Å². The van der Waals surface area contributed by atoms with Crippen LogP contribution in [0.5, 0.6) is 0 Å². The molecule has 1 aromatic heterocycles. The summed E-state index contributed by atoms with van der Waals surface area (Å²) in [6.45, 7) is 0. The van der Waals surface area contributed by atoms with Gasteiger partial charge in [0.2, 0.25) is 5.91 Å². The molecule has 4 unspecified atom stereocenters. The number of carbonyl (C=O) groups excluding carboxylic acids is 1. The summed E-state index contributed by atoms with van der Waals surface area (Å²) >= 11 is 0. The van der Waals surface area contributed by atoms with E-state index in [9.17, 15) is 9.59 Å². The molecule has 1 aromatic carbocycles. The molecule has 3 N–H and O–H groups in total. The first-order valence-corrected chi connectivity index (χ1v) is 7.70. The molecule has 2 aliphatic carbocycles. The van der Waals surface area contributed by atoms with Crippen molar-refractivity contribution in [1.82, 2.24) is 4.57 Å². The molecule has 2 saturated carbocycles. The minimum absolute atomic E-state index is 0.00690. The molecule has 0 saturated heterocycles. The van der Waals surface area contributed by atoms with E-state index in [0.717, 1.165) is 19.3 Å². The lowest BCUT2D eigenvalue weighted by Crippen LogP contribution is -2.42. The van der Waals surface area contributed by atoms with Crippen molar-refractivity contribution >= 4 is 22.7 Å². The molecule has 0 aliphatic heterocycles. The number of rotatable bonds is 2. The van der Waals surface area contributed by atoms with Crippen molar-refractivity contribution in [1.29, 1.82) is 0 Å². The predicted molar refractivity (Wildman–Crippen MR) is 82.4 cm³/mol. The summed E-state index contributed by atoms with van der Waals surface area (Å²) in [4.78, 5) is 24.1. The average Bonchev–Trinajstić information content (AvgIpc) is 3.15. The van der Waals surface area contributed by atoms with E-state index < -0.39 is 5.76 Å². The Labute approximate surface area is 127 Å². The van der Waals surface area contributed by atoms with E-state index in [0.29, 0.717) is 28.6 Å². The van der Waals surface area contributed by atoms with Gasteiger partial charge in [0.1, 0.15) is 0 Å². The van der Waals surface area contributed by atoms with E-state index in [-0.39, 0.29) is 17.9 Å². The highest BCUT2D eigenvalue weighted by atomic mass is 16.4. The average molecular weight is 301 g/mol. The van der Waals surface area contributed by atoms with E-state index in [2.05, 4.69) is 5.32 Å². The van der Waals surface area contributed by atoms with Gasteiger partial charge < -0.3 is 15.5 Å². The topological polar surface area (TPSA) is 90.3 Å². The molecule has 4 atom stereocenters.